The van der Waals surface area contributed by atoms with E-state index in [4.69, 9.17) is 4.74 Å². The van der Waals surface area contributed by atoms with Crippen LogP contribution in [0.25, 0.3) is 0 Å². The summed E-state index contributed by atoms with van der Waals surface area (Å²) in [5, 5.41) is 5.22. The van der Waals surface area contributed by atoms with Crippen molar-refractivity contribution >= 4 is 23.8 Å². The molecule has 0 saturated carbocycles. The molecule has 0 bridgehead atoms. The van der Waals surface area contributed by atoms with Gasteiger partial charge in [-0.25, -0.2) is 14.4 Å². The summed E-state index contributed by atoms with van der Waals surface area (Å²) < 4.78 is 6.65. The second-order valence-corrected chi connectivity index (χ2v) is 8.84. The van der Waals surface area contributed by atoms with E-state index in [0.717, 1.165) is 0 Å². The molecule has 2 heterocycles. The van der Waals surface area contributed by atoms with Gasteiger partial charge in [-0.1, -0.05) is 0 Å². The molecule has 1 aromatic heterocycles. The highest BCUT2D eigenvalue weighted by atomic mass is 16.6. The molecule has 4 amide bonds. The SMILES string of the molecule is CCn1ccc(NC(=O)N2CCN(C(=O)C(C)(C)NC(=O)OC(C)(C)C)CC2)nc1=O. The first kappa shape index (κ1) is 24.2. The van der Waals surface area contributed by atoms with E-state index in [-0.39, 0.29) is 17.8 Å². The highest BCUT2D eigenvalue weighted by Crippen LogP contribution is 2.14. The van der Waals surface area contributed by atoms with Gasteiger partial charge in [0.1, 0.15) is 17.0 Å². The van der Waals surface area contributed by atoms with Gasteiger partial charge in [-0.15, -0.1) is 0 Å². The zero-order valence-electron chi connectivity index (χ0n) is 19.0. The summed E-state index contributed by atoms with van der Waals surface area (Å²) >= 11 is 0. The number of aryl methyl sites for hydroxylation is 1. The van der Waals surface area contributed by atoms with Gasteiger partial charge in [-0.05, 0) is 47.6 Å². The number of nitrogens with zero attached hydrogens (tertiary/aromatic N) is 4. The van der Waals surface area contributed by atoms with Crippen molar-refractivity contribution in [2.24, 2.45) is 0 Å². The third-order valence-corrected chi connectivity index (χ3v) is 4.65. The van der Waals surface area contributed by atoms with Gasteiger partial charge >= 0.3 is 17.8 Å². The van der Waals surface area contributed by atoms with E-state index < -0.39 is 22.9 Å². The molecule has 1 aliphatic heterocycles. The normalized spacial score (nSPS) is 14.8. The zero-order chi connectivity index (χ0) is 23.4. The Morgan fingerprint density at radius 1 is 1.06 bits per heavy atom. The maximum atomic E-state index is 12.9. The lowest BCUT2D eigenvalue weighted by molar-refractivity contribution is -0.138. The average molecular weight is 437 g/mol. The van der Waals surface area contributed by atoms with Gasteiger partial charge in [0.2, 0.25) is 5.91 Å². The number of rotatable bonds is 4. The van der Waals surface area contributed by atoms with Crippen LogP contribution in [0.4, 0.5) is 15.4 Å². The molecule has 0 aromatic carbocycles. The minimum Gasteiger partial charge on any atom is -0.444 e. The zero-order valence-corrected chi connectivity index (χ0v) is 19.0. The Morgan fingerprint density at radius 2 is 1.65 bits per heavy atom. The van der Waals surface area contributed by atoms with Crippen LogP contribution in [-0.2, 0) is 16.1 Å². The lowest BCUT2D eigenvalue weighted by Gasteiger charge is -2.38. The van der Waals surface area contributed by atoms with Gasteiger partial charge in [-0.3, -0.25) is 14.7 Å². The van der Waals surface area contributed by atoms with Crippen molar-refractivity contribution < 1.29 is 19.1 Å². The molecule has 0 atom stereocenters. The Kier molecular flexibility index (Phi) is 7.29. The molecule has 1 aliphatic rings. The predicted molar refractivity (Wildman–Crippen MR) is 115 cm³/mol. The summed E-state index contributed by atoms with van der Waals surface area (Å²) in [5.41, 5.74) is -2.25. The van der Waals surface area contributed by atoms with Crippen molar-refractivity contribution in [1.82, 2.24) is 24.7 Å². The van der Waals surface area contributed by atoms with Crippen molar-refractivity contribution in [1.29, 1.82) is 0 Å². The van der Waals surface area contributed by atoms with Crippen LogP contribution >= 0.6 is 0 Å². The first-order chi connectivity index (χ1) is 14.3. The maximum absolute atomic E-state index is 12.9. The maximum Gasteiger partial charge on any atom is 0.408 e. The number of nitrogens with one attached hydrogen (secondary N) is 2. The van der Waals surface area contributed by atoms with Gasteiger partial charge in [0.15, 0.2) is 0 Å². The van der Waals surface area contributed by atoms with Crippen molar-refractivity contribution in [2.75, 3.05) is 31.5 Å². The molecule has 2 rings (SSSR count). The van der Waals surface area contributed by atoms with E-state index in [1.807, 2.05) is 6.92 Å². The third-order valence-electron chi connectivity index (χ3n) is 4.65. The van der Waals surface area contributed by atoms with E-state index in [1.165, 1.54) is 4.57 Å². The highest BCUT2D eigenvalue weighted by Gasteiger charge is 2.36. The molecule has 0 unspecified atom stereocenters. The molecule has 2 N–H and O–H groups in total. The predicted octanol–water partition coefficient (Wildman–Crippen LogP) is 1.24. The van der Waals surface area contributed by atoms with Crippen LogP contribution in [0.5, 0.6) is 0 Å². The van der Waals surface area contributed by atoms with E-state index >= 15 is 0 Å². The van der Waals surface area contributed by atoms with Gasteiger partial charge in [-0.2, -0.15) is 4.98 Å². The molecule has 0 radical (unpaired) electrons. The summed E-state index contributed by atoms with van der Waals surface area (Å²) in [4.78, 5) is 56.2. The van der Waals surface area contributed by atoms with E-state index in [9.17, 15) is 19.2 Å². The molecular weight excluding hydrogens is 404 g/mol. The Balaban J connectivity index is 1.90. The fourth-order valence-corrected chi connectivity index (χ4v) is 3.05. The fourth-order valence-electron chi connectivity index (χ4n) is 3.05. The largest absolute Gasteiger partial charge is 0.444 e. The van der Waals surface area contributed by atoms with E-state index in [1.54, 1.807) is 56.7 Å². The third kappa shape index (κ3) is 6.69. The second-order valence-electron chi connectivity index (χ2n) is 8.84. The molecule has 0 aliphatic carbocycles. The number of hydrogen-bond donors (Lipinski definition) is 2. The van der Waals surface area contributed by atoms with Gasteiger partial charge in [0.25, 0.3) is 0 Å². The van der Waals surface area contributed by atoms with E-state index in [2.05, 4.69) is 15.6 Å². The van der Waals surface area contributed by atoms with Crippen LogP contribution in [0.3, 0.4) is 0 Å². The second kappa shape index (κ2) is 9.36. The van der Waals surface area contributed by atoms with Gasteiger partial charge < -0.3 is 19.9 Å². The summed E-state index contributed by atoms with van der Waals surface area (Å²) in [6, 6.07) is 1.17. The number of piperazine rings is 1. The first-order valence-electron chi connectivity index (χ1n) is 10.3. The number of aromatic nitrogens is 2. The number of carbonyl (C=O) groups excluding carboxylic acids is 3. The van der Waals surface area contributed by atoms with Crippen molar-refractivity contribution in [2.45, 2.75) is 59.2 Å². The Morgan fingerprint density at radius 3 is 2.16 bits per heavy atom. The number of ether oxygens (including phenoxy) is 1. The number of carbonyl (C=O) groups is 3. The summed E-state index contributed by atoms with van der Waals surface area (Å²) in [5.74, 6) is -0.0795. The number of urea groups is 1. The average Bonchev–Trinajstić information content (AvgIpc) is 2.65. The molecule has 1 saturated heterocycles. The number of alkyl carbamates (subject to hydrolysis) is 1. The molecule has 1 fully saturated rings. The smallest absolute Gasteiger partial charge is 0.408 e. The minimum absolute atomic E-state index is 0.181. The lowest BCUT2D eigenvalue weighted by Crippen LogP contribution is -2.60. The molecular formula is C20H32N6O5. The van der Waals surface area contributed by atoms with Gasteiger partial charge in [0, 0.05) is 38.9 Å². The van der Waals surface area contributed by atoms with Crippen LogP contribution < -0.4 is 16.3 Å². The van der Waals surface area contributed by atoms with E-state index in [0.29, 0.717) is 32.7 Å². The van der Waals surface area contributed by atoms with Crippen LogP contribution in [-0.4, -0.2) is 74.7 Å². The summed E-state index contributed by atoms with van der Waals surface area (Å²) in [6.07, 6.45) is 0.905. The highest BCUT2D eigenvalue weighted by molar-refractivity contribution is 5.90. The standard InChI is InChI=1S/C20H32N6O5/c1-7-24-9-8-14(21-16(24)28)22-17(29)26-12-10-25(11-13-26)15(27)20(5,6)23-18(30)31-19(2,3)4/h8-9H,7,10-13H2,1-6H3,(H,23,30)(H,21,22,28,29). The first-order valence-corrected chi connectivity index (χ1v) is 10.3. The quantitative estimate of drug-likeness (QED) is 0.731. The van der Waals surface area contributed by atoms with Gasteiger partial charge in [0.05, 0.1) is 0 Å². The van der Waals surface area contributed by atoms with Crippen molar-refractivity contribution in [3.63, 3.8) is 0 Å². The molecule has 11 heteroatoms. The lowest BCUT2D eigenvalue weighted by atomic mass is 10.0. The molecule has 11 nitrogen and oxygen atoms in total. The number of hydrogen-bond acceptors (Lipinski definition) is 6. The van der Waals surface area contributed by atoms with Crippen LogP contribution in [0.1, 0.15) is 41.5 Å². The molecule has 172 valence electrons. The Bertz CT molecular complexity index is 881. The van der Waals surface area contributed by atoms with Crippen molar-refractivity contribution in [3.8, 4) is 0 Å². The monoisotopic (exact) mass is 436 g/mol. The Hall–Kier alpha value is -3.11. The van der Waals surface area contributed by atoms with Crippen LogP contribution in [0.2, 0.25) is 0 Å². The number of amides is 4. The van der Waals surface area contributed by atoms with Crippen molar-refractivity contribution in [3.05, 3.63) is 22.7 Å². The topological polar surface area (TPSA) is 126 Å². The summed E-state index contributed by atoms with van der Waals surface area (Å²) in [7, 11) is 0. The van der Waals surface area contributed by atoms with Crippen LogP contribution in [0.15, 0.2) is 17.1 Å². The minimum atomic E-state index is -1.15. The molecule has 1 aromatic rings. The Labute approximate surface area is 181 Å². The van der Waals surface area contributed by atoms with Crippen LogP contribution in [0, 0.1) is 0 Å². The molecule has 0 spiro atoms. The summed E-state index contributed by atoms with van der Waals surface area (Å²) in [6.45, 7) is 12.0. The number of anilines is 1. The fraction of sp³-hybridized carbons (Fsp3) is 0.650. The molecule has 31 heavy (non-hydrogen) atoms.